The lowest BCUT2D eigenvalue weighted by Crippen LogP contribution is -2.46. The van der Waals surface area contributed by atoms with Crippen molar-refractivity contribution >= 4 is 22.8 Å². The Morgan fingerprint density at radius 2 is 2.27 bits per heavy atom. The van der Waals surface area contributed by atoms with Gasteiger partial charge in [-0.05, 0) is 48.7 Å². The number of pyridine rings is 1. The van der Waals surface area contributed by atoms with Crippen molar-refractivity contribution in [3.63, 3.8) is 0 Å². The summed E-state index contributed by atoms with van der Waals surface area (Å²) in [5, 5.41) is 1.09. The Morgan fingerprint density at radius 1 is 1.36 bits per heavy atom. The molecule has 0 amide bonds. The molecule has 3 fully saturated rings. The number of allylic oxidation sites excluding steroid dienone is 1. The van der Waals surface area contributed by atoms with Gasteiger partial charge in [-0.3, -0.25) is 9.78 Å². The highest BCUT2D eigenvalue weighted by Gasteiger charge is 2.35. The van der Waals surface area contributed by atoms with Gasteiger partial charge in [-0.2, -0.15) is 0 Å². The van der Waals surface area contributed by atoms with E-state index >= 15 is 0 Å². The summed E-state index contributed by atoms with van der Waals surface area (Å²) in [5.74, 6) is 1.45. The molecule has 22 heavy (non-hydrogen) atoms. The van der Waals surface area contributed by atoms with Crippen LogP contribution in [0.5, 0.6) is 5.75 Å². The number of rotatable bonds is 2. The van der Waals surface area contributed by atoms with E-state index in [9.17, 15) is 4.79 Å². The molecule has 0 aliphatic carbocycles. The number of methoxy groups -OCH3 is 1. The van der Waals surface area contributed by atoms with E-state index in [0.717, 1.165) is 41.6 Å². The summed E-state index contributed by atoms with van der Waals surface area (Å²) in [4.78, 5) is 18.5. The van der Waals surface area contributed by atoms with Crippen LogP contribution >= 0.6 is 0 Å². The van der Waals surface area contributed by atoms with Crippen LogP contribution in [0.15, 0.2) is 36.2 Å². The van der Waals surface area contributed by atoms with Gasteiger partial charge in [0, 0.05) is 29.7 Å². The lowest BCUT2D eigenvalue weighted by molar-refractivity contribution is -0.128. The summed E-state index contributed by atoms with van der Waals surface area (Å²) in [6.07, 6.45) is 5.92. The third-order valence-corrected chi connectivity index (χ3v) is 4.72. The number of ether oxygens (including phenoxy) is 1. The number of benzene rings is 1. The molecule has 2 aromatic rings. The number of carbonyl (C=O) groups excluding carboxylic acids is 1. The lowest BCUT2D eigenvalue weighted by atomic mass is 9.84. The smallest absolute Gasteiger partial charge is 0.155 e. The van der Waals surface area contributed by atoms with Crippen LogP contribution in [0.4, 0.5) is 0 Å². The molecule has 4 heterocycles. The van der Waals surface area contributed by atoms with Crippen LogP contribution in [0.3, 0.4) is 0 Å². The normalized spacial score (nSPS) is 22.6. The zero-order valence-electron chi connectivity index (χ0n) is 12.6. The molecule has 1 aromatic carbocycles. The summed E-state index contributed by atoms with van der Waals surface area (Å²) in [7, 11) is 1.67. The van der Waals surface area contributed by atoms with E-state index in [-0.39, 0.29) is 5.92 Å². The molecule has 1 atom stereocenters. The van der Waals surface area contributed by atoms with E-state index in [1.54, 1.807) is 7.11 Å². The van der Waals surface area contributed by atoms with Crippen LogP contribution < -0.4 is 4.74 Å². The van der Waals surface area contributed by atoms with Crippen LogP contribution in [0, 0.1) is 5.92 Å². The van der Waals surface area contributed by atoms with Crippen molar-refractivity contribution in [2.24, 2.45) is 5.92 Å². The fourth-order valence-corrected chi connectivity index (χ4v) is 3.44. The number of fused-ring (bicyclic) bond motifs is 4. The molecule has 2 bridgehead atoms. The highest BCUT2D eigenvalue weighted by atomic mass is 16.5. The van der Waals surface area contributed by atoms with E-state index in [4.69, 9.17) is 4.74 Å². The van der Waals surface area contributed by atoms with Gasteiger partial charge in [-0.1, -0.05) is 0 Å². The molecule has 1 aromatic heterocycles. The molecule has 4 heteroatoms. The van der Waals surface area contributed by atoms with Crippen molar-refractivity contribution in [1.29, 1.82) is 0 Å². The predicted molar refractivity (Wildman–Crippen MR) is 85.6 cm³/mol. The van der Waals surface area contributed by atoms with Gasteiger partial charge in [0.25, 0.3) is 0 Å². The maximum absolute atomic E-state index is 11.9. The van der Waals surface area contributed by atoms with Crippen LogP contribution in [-0.2, 0) is 4.79 Å². The average molecular weight is 294 g/mol. The first-order chi connectivity index (χ1) is 10.7. The molecule has 0 spiro atoms. The highest BCUT2D eigenvalue weighted by Crippen LogP contribution is 2.34. The summed E-state index contributed by atoms with van der Waals surface area (Å²) in [6.45, 7) is 1.57. The second-order valence-corrected chi connectivity index (χ2v) is 6.00. The third-order valence-electron chi connectivity index (χ3n) is 4.72. The van der Waals surface area contributed by atoms with E-state index in [2.05, 4.69) is 16.0 Å². The van der Waals surface area contributed by atoms with Crippen LogP contribution in [0.1, 0.15) is 18.4 Å². The molecule has 3 aliphatic rings. The quantitative estimate of drug-likeness (QED) is 0.854. The molecule has 0 saturated carbocycles. The predicted octanol–water partition coefficient (Wildman–Crippen LogP) is 2.88. The van der Waals surface area contributed by atoms with Crippen molar-refractivity contribution in [3.8, 4) is 5.75 Å². The topological polar surface area (TPSA) is 42.4 Å². The Morgan fingerprint density at radius 3 is 3.00 bits per heavy atom. The first-order valence-electron chi connectivity index (χ1n) is 7.65. The second-order valence-electron chi connectivity index (χ2n) is 6.00. The van der Waals surface area contributed by atoms with Crippen molar-refractivity contribution in [1.82, 2.24) is 9.88 Å². The van der Waals surface area contributed by atoms with E-state index in [1.807, 2.05) is 30.5 Å². The molecular weight excluding hydrogens is 276 g/mol. The zero-order chi connectivity index (χ0) is 15.1. The fourth-order valence-electron chi connectivity index (χ4n) is 3.44. The summed E-state index contributed by atoms with van der Waals surface area (Å²) in [5.41, 5.74) is 3.37. The first kappa shape index (κ1) is 13.3. The number of Topliss-reactive ketones (excluding diaryl/α,β-unsaturated/α-hetero) is 1. The van der Waals surface area contributed by atoms with E-state index < -0.39 is 0 Å². The lowest BCUT2D eigenvalue weighted by Gasteiger charge is -2.41. The molecule has 112 valence electrons. The maximum Gasteiger partial charge on any atom is 0.155 e. The third kappa shape index (κ3) is 2.15. The van der Waals surface area contributed by atoms with Crippen molar-refractivity contribution in [2.75, 3.05) is 20.2 Å². The standard InChI is InChI=1S/C18H18N2O2/c1-22-15-2-3-17-16(10-15)12(4-6-19-17)8-14-9-13-5-7-20(14)11-18(13)21/h2-4,6,8,10,13H,5,7,9,11H2,1H3/b14-8+/t13-/m0/s1. The molecule has 0 unspecified atom stereocenters. The Bertz CT molecular complexity index is 782. The number of carbonyl (C=O) groups is 1. The fraction of sp³-hybridized carbons (Fsp3) is 0.333. The van der Waals surface area contributed by atoms with Gasteiger partial charge in [-0.25, -0.2) is 0 Å². The SMILES string of the molecule is COc1ccc2nccc(/C=C3\C[C@@H]4CCN3CC4=O)c2c1. The number of aromatic nitrogens is 1. The van der Waals surface area contributed by atoms with Crippen molar-refractivity contribution in [2.45, 2.75) is 12.8 Å². The summed E-state index contributed by atoms with van der Waals surface area (Å²) in [6, 6.07) is 7.96. The Hall–Kier alpha value is -2.36. The van der Waals surface area contributed by atoms with E-state index in [1.165, 1.54) is 5.70 Å². The molecule has 3 saturated heterocycles. The van der Waals surface area contributed by atoms with Crippen molar-refractivity contribution < 1.29 is 9.53 Å². The van der Waals surface area contributed by atoms with E-state index in [0.29, 0.717) is 12.3 Å². The van der Waals surface area contributed by atoms with Crippen LogP contribution in [0.2, 0.25) is 0 Å². The molecule has 5 rings (SSSR count). The Labute approximate surface area is 129 Å². The minimum Gasteiger partial charge on any atom is -0.497 e. The molecule has 4 nitrogen and oxygen atoms in total. The zero-order valence-corrected chi connectivity index (χ0v) is 12.6. The summed E-state index contributed by atoms with van der Waals surface area (Å²) >= 11 is 0. The first-order valence-corrected chi connectivity index (χ1v) is 7.65. The number of hydrogen-bond donors (Lipinski definition) is 0. The monoisotopic (exact) mass is 294 g/mol. The largest absolute Gasteiger partial charge is 0.497 e. The second kappa shape index (κ2) is 5.13. The maximum atomic E-state index is 11.9. The number of nitrogens with zero attached hydrogens (tertiary/aromatic N) is 2. The van der Waals surface area contributed by atoms with Gasteiger partial charge in [0.15, 0.2) is 5.78 Å². The van der Waals surface area contributed by atoms with Gasteiger partial charge in [-0.15, -0.1) is 0 Å². The molecule has 3 aliphatic heterocycles. The van der Waals surface area contributed by atoms with Crippen molar-refractivity contribution in [3.05, 3.63) is 41.7 Å². The van der Waals surface area contributed by atoms with Gasteiger partial charge in [0.1, 0.15) is 5.75 Å². The number of ketones is 1. The minimum absolute atomic E-state index is 0.221. The Kier molecular flexibility index (Phi) is 3.10. The minimum atomic E-state index is 0.221. The van der Waals surface area contributed by atoms with Gasteiger partial charge in [0.2, 0.25) is 0 Å². The number of hydrogen-bond acceptors (Lipinski definition) is 4. The molecule has 0 N–H and O–H groups in total. The molecular formula is C18H18N2O2. The van der Waals surface area contributed by atoms with Gasteiger partial charge in [0.05, 0.1) is 19.2 Å². The van der Waals surface area contributed by atoms with Gasteiger partial charge < -0.3 is 9.64 Å². The number of piperidine rings is 3. The van der Waals surface area contributed by atoms with Crippen LogP contribution in [0.25, 0.3) is 17.0 Å². The Balaban J connectivity index is 1.78. The van der Waals surface area contributed by atoms with Gasteiger partial charge >= 0.3 is 0 Å². The van der Waals surface area contributed by atoms with Crippen LogP contribution in [-0.4, -0.2) is 35.9 Å². The average Bonchev–Trinajstić information content (AvgIpc) is 2.56. The highest BCUT2D eigenvalue weighted by molar-refractivity contribution is 5.90. The molecule has 0 radical (unpaired) electrons. The summed E-state index contributed by atoms with van der Waals surface area (Å²) < 4.78 is 5.33.